The molecule has 0 saturated carbocycles. The predicted octanol–water partition coefficient (Wildman–Crippen LogP) is 4.50. The van der Waals surface area contributed by atoms with Crippen LogP contribution < -0.4 is 9.64 Å². The number of hydrogen-bond acceptors (Lipinski definition) is 5. The molecule has 1 aliphatic heterocycles. The SMILES string of the molecule is CN1C(=O)/C(=C/c2ccc(/C=C/C(=O)OC(C)(C)C)s2)Oc2ccccc21. The Kier molecular flexibility index (Phi) is 5.19. The molecule has 0 saturated heterocycles. The number of carbonyl (C=O) groups is 2. The van der Waals surface area contributed by atoms with Gasteiger partial charge in [0.2, 0.25) is 0 Å². The molecular weight excluding hydrogens is 362 g/mol. The van der Waals surface area contributed by atoms with Crippen LogP contribution in [0.3, 0.4) is 0 Å². The summed E-state index contributed by atoms with van der Waals surface area (Å²) in [5, 5.41) is 0. The van der Waals surface area contributed by atoms with Gasteiger partial charge in [-0.15, -0.1) is 11.3 Å². The van der Waals surface area contributed by atoms with Crippen LogP contribution in [0.25, 0.3) is 12.2 Å². The van der Waals surface area contributed by atoms with Crippen molar-refractivity contribution >= 4 is 41.1 Å². The molecule has 27 heavy (non-hydrogen) atoms. The summed E-state index contributed by atoms with van der Waals surface area (Å²) in [7, 11) is 1.72. The van der Waals surface area contributed by atoms with E-state index in [1.54, 1.807) is 24.1 Å². The molecule has 0 atom stereocenters. The van der Waals surface area contributed by atoms with E-state index in [0.717, 1.165) is 15.4 Å². The first kappa shape index (κ1) is 18.9. The van der Waals surface area contributed by atoms with Crippen LogP contribution in [0.5, 0.6) is 5.75 Å². The Morgan fingerprint density at radius 1 is 1.15 bits per heavy atom. The van der Waals surface area contributed by atoms with Gasteiger partial charge in [0.05, 0.1) is 5.69 Å². The highest BCUT2D eigenvalue weighted by atomic mass is 32.1. The summed E-state index contributed by atoms with van der Waals surface area (Å²) < 4.78 is 11.0. The van der Waals surface area contributed by atoms with Crippen molar-refractivity contribution in [3.63, 3.8) is 0 Å². The molecule has 0 N–H and O–H groups in total. The Bertz CT molecular complexity index is 934. The number of hydrogen-bond donors (Lipinski definition) is 0. The molecule has 0 fully saturated rings. The molecular formula is C21H21NO4S. The molecule has 0 spiro atoms. The summed E-state index contributed by atoms with van der Waals surface area (Å²) in [4.78, 5) is 27.6. The van der Waals surface area contributed by atoms with E-state index in [2.05, 4.69) is 0 Å². The van der Waals surface area contributed by atoms with Crippen LogP contribution in [0.2, 0.25) is 0 Å². The van der Waals surface area contributed by atoms with Crippen LogP contribution in [0, 0.1) is 0 Å². The number of nitrogens with zero attached hydrogens (tertiary/aromatic N) is 1. The molecule has 1 amide bonds. The van der Waals surface area contributed by atoms with Gasteiger partial charge in [-0.2, -0.15) is 0 Å². The third-order valence-electron chi connectivity index (χ3n) is 3.67. The number of anilines is 1. The van der Waals surface area contributed by atoms with E-state index in [0.29, 0.717) is 5.75 Å². The fourth-order valence-electron chi connectivity index (χ4n) is 2.50. The Morgan fingerprint density at radius 3 is 2.59 bits per heavy atom. The van der Waals surface area contributed by atoms with E-state index >= 15 is 0 Å². The average Bonchev–Trinajstić information content (AvgIpc) is 3.04. The number of esters is 1. The van der Waals surface area contributed by atoms with Crippen molar-refractivity contribution in [2.24, 2.45) is 0 Å². The van der Waals surface area contributed by atoms with Crippen LogP contribution in [0.1, 0.15) is 30.5 Å². The lowest BCUT2D eigenvalue weighted by atomic mass is 10.2. The Hall–Kier alpha value is -2.86. The lowest BCUT2D eigenvalue weighted by Gasteiger charge is -2.27. The minimum Gasteiger partial charge on any atom is -0.457 e. The van der Waals surface area contributed by atoms with Crippen LogP contribution in [-0.2, 0) is 14.3 Å². The second kappa shape index (κ2) is 7.40. The first-order chi connectivity index (χ1) is 12.7. The van der Waals surface area contributed by atoms with Crippen molar-refractivity contribution in [1.29, 1.82) is 0 Å². The van der Waals surface area contributed by atoms with Crippen molar-refractivity contribution in [3.8, 4) is 5.75 Å². The van der Waals surface area contributed by atoms with Gasteiger partial charge < -0.3 is 14.4 Å². The molecule has 0 bridgehead atoms. The summed E-state index contributed by atoms with van der Waals surface area (Å²) in [6, 6.07) is 11.2. The molecule has 2 aromatic rings. The normalized spacial score (nSPS) is 15.8. The maximum atomic E-state index is 12.5. The number of amides is 1. The highest BCUT2D eigenvalue weighted by Crippen LogP contribution is 2.35. The molecule has 1 aliphatic rings. The van der Waals surface area contributed by atoms with Gasteiger partial charge in [-0.1, -0.05) is 12.1 Å². The third kappa shape index (κ3) is 4.65. The number of ether oxygens (including phenoxy) is 2. The minimum absolute atomic E-state index is 0.201. The summed E-state index contributed by atoms with van der Waals surface area (Å²) >= 11 is 1.45. The van der Waals surface area contributed by atoms with Gasteiger partial charge in [-0.25, -0.2) is 4.79 Å². The number of thiophene rings is 1. The third-order valence-corrected chi connectivity index (χ3v) is 4.67. The zero-order valence-electron chi connectivity index (χ0n) is 15.7. The number of para-hydroxylation sites is 2. The summed E-state index contributed by atoms with van der Waals surface area (Å²) in [5.41, 5.74) is 0.222. The van der Waals surface area contributed by atoms with Gasteiger partial charge in [0.25, 0.3) is 5.91 Å². The van der Waals surface area contributed by atoms with Gasteiger partial charge in [0.1, 0.15) is 5.60 Å². The van der Waals surface area contributed by atoms with Gasteiger partial charge in [-0.05, 0) is 51.1 Å². The molecule has 0 radical (unpaired) electrons. The summed E-state index contributed by atoms with van der Waals surface area (Å²) in [6.45, 7) is 5.47. The lowest BCUT2D eigenvalue weighted by Crippen LogP contribution is -2.33. The van der Waals surface area contributed by atoms with Crippen molar-refractivity contribution in [1.82, 2.24) is 0 Å². The van der Waals surface area contributed by atoms with Gasteiger partial charge >= 0.3 is 5.97 Å². The zero-order valence-corrected chi connectivity index (χ0v) is 16.5. The van der Waals surface area contributed by atoms with Crippen LogP contribution in [0.4, 0.5) is 5.69 Å². The molecule has 3 rings (SSSR count). The number of rotatable bonds is 3. The van der Waals surface area contributed by atoms with Crippen LogP contribution >= 0.6 is 11.3 Å². The fraction of sp³-hybridized carbons (Fsp3) is 0.238. The molecule has 0 aliphatic carbocycles. The monoisotopic (exact) mass is 383 g/mol. The number of carbonyl (C=O) groups excluding carboxylic acids is 2. The van der Waals surface area contributed by atoms with Gasteiger partial charge in [-0.3, -0.25) is 4.79 Å². The second-order valence-electron chi connectivity index (χ2n) is 7.05. The van der Waals surface area contributed by atoms with E-state index in [9.17, 15) is 9.59 Å². The van der Waals surface area contributed by atoms with Crippen molar-refractivity contribution < 1.29 is 19.1 Å². The first-order valence-corrected chi connectivity index (χ1v) is 9.32. The Labute approximate surface area is 162 Å². The quantitative estimate of drug-likeness (QED) is 0.578. The maximum absolute atomic E-state index is 12.5. The van der Waals surface area contributed by atoms with Gasteiger partial charge in [0.15, 0.2) is 11.5 Å². The highest BCUT2D eigenvalue weighted by molar-refractivity contribution is 7.13. The fourth-order valence-corrected chi connectivity index (χ4v) is 3.35. The molecule has 1 aromatic carbocycles. The first-order valence-electron chi connectivity index (χ1n) is 8.50. The second-order valence-corrected chi connectivity index (χ2v) is 8.20. The van der Waals surface area contributed by atoms with Crippen LogP contribution in [0.15, 0.2) is 48.2 Å². The number of fused-ring (bicyclic) bond motifs is 1. The molecule has 5 nitrogen and oxygen atoms in total. The van der Waals surface area contributed by atoms with Crippen molar-refractivity contribution in [2.75, 3.05) is 11.9 Å². The smallest absolute Gasteiger partial charge is 0.331 e. The number of likely N-dealkylation sites (N-methyl/N-ethyl adjacent to an activating group) is 1. The molecule has 2 heterocycles. The predicted molar refractivity (Wildman–Crippen MR) is 108 cm³/mol. The molecule has 6 heteroatoms. The van der Waals surface area contributed by atoms with E-state index < -0.39 is 5.60 Å². The molecule has 1 aromatic heterocycles. The van der Waals surface area contributed by atoms with E-state index in [4.69, 9.17) is 9.47 Å². The summed E-state index contributed by atoms with van der Waals surface area (Å²) in [6.07, 6.45) is 4.82. The minimum atomic E-state index is -0.520. The Balaban J connectivity index is 1.76. The van der Waals surface area contributed by atoms with Crippen LogP contribution in [-0.4, -0.2) is 24.5 Å². The van der Waals surface area contributed by atoms with Crippen molar-refractivity contribution in [2.45, 2.75) is 26.4 Å². The largest absolute Gasteiger partial charge is 0.457 e. The zero-order chi connectivity index (χ0) is 19.6. The number of benzene rings is 1. The lowest BCUT2D eigenvalue weighted by molar-refractivity contribution is -0.148. The Morgan fingerprint density at radius 2 is 1.85 bits per heavy atom. The van der Waals surface area contributed by atoms with E-state index in [1.807, 2.05) is 57.2 Å². The van der Waals surface area contributed by atoms with E-state index in [1.165, 1.54) is 17.4 Å². The maximum Gasteiger partial charge on any atom is 0.331 e. The van der Waals surface area contributed by atoms with E-state index in [-0.39, 0.29) is 17.6 Å². The molecule has 0 unspecified atom stereocenters. The standard InChI is InChI=1S/C21H21NO4S/c1-21(2,3)26-19(23)12-11-14-9-10-15(27-14)13-18-20(24)22(4)16-7-5-6-8-17(16)25-18/h5-13H,1-4H3/b12-11+,18-13-. The highest BCUT2D eigenvalue weighted by Gasteiger charge is 2.27. The topological polar surface area (TPSA) is 55.8 Å². The van der Waals surface area contributed by atoms with Crippen molar-refractivity contribution in [3.05, 3.63) is 58.0 Å². The van der Waals surface area contributed by atoms with Gasteiger partial charge in [0, 0.05) is 29.0 Å². The average molecular weight is 383 g/mol. The summed E-state index contributed by atoms with van der Waals surface area (Å²) in [5.74, 6) is 0.320. The molecule has 140 valence electrons.